The number of hydrogen-bond acceptors (Lipinski definition) is 5. The van der Waals surface area contributed by atoms with Gasteiger partial charge in [0.15, 0.2) is 0 Å². The van der Waals surface area contributed by atoms with Crippen molar-refractivity contribution in [1.82, 2.24) is 16.2 Å². The van der Waals surface area contributed by atoms with E-state index in [-0.39, 0.29) is 13.0 Å². The zero-order valence-electron chi connectivity index (χ0n) is 11.7. The van der Waals surface area contributed by atoms with Gasteiger partial charge in [0.2, 0.25) is 5.91 Å². The fourth-order valence-electron chi connectivity index (χ4n) is 0.993. The Hall–Kier alpha value is -1.83. The van der Waals surface area contributed by atoms with Gasteiger partial charge in [0.25, 0.3) is 5.91 Å². The van der Waals surface area contributed by atoms with Gasteiger partial charge in [0, 0.05) is 13.0 Å². The second kappa shape index (κ2) is 7.57. The predicted octanol–water partition coefficient (Wildman–Crippen LogP) is -0.604. The molecule has 1 atom stereocenters. The molecule has 0 bridgehead atoms. The van der Waals surface area contributed by atoms with Crippen molar-refractivity contribution in [2.45, 2.75) is 45.8 Å². The van der Waals surface area contributed by atoms with Crippen molar-refractivity contribution in [2.24, 2.45) is 5.73 Å². The molecule has 0 unspecified atom stereocenters. The quantitative estimate of drug-likeness (QED) is 0.380. The molecule has 0 aromatic heterocycles. The summed E-state index contributed by atoms with van der Waals surface area (Å²) in [5, 5.41) is 2.38. The van der Waals surface area contributed by atoms with Crippen LogP contribution in [0.3, 0.4) is 0 Å². The number of hydrazine groups is 1. The van der Waals surface area contributed by atoms with Gasteiger partial charge in [0.1, 0.15) is 11.6 Å². The fourth-order valence-corrected chi connectivity index (χ4v) is 0.993. The van der Waals surface area contributed by atoms with Crippen LogP contribution in [-0.4, -0.2) is 36.1 Å². The number of nitrogens with one attached hydrogen (secondary N) is 3. The van der Waals surface area contributed by atoms with Gasteiger partial charge in [-0.2, -0.15) is 0 Å². The van der Waals surface area contributed by atoms with Crippen molar-refractivity contribution < 1.29 is 19.1 Å². The van der Waals surface area contributed by atoms with Gasteiger partial charge < -0.3 is 15.8 Å². The van der Waals surface area contributed by atoms with E-state index in [0.29, 0.717) is 0 Å². The summed E-state index contributed by atoms with van der Waals surface area (Å²) >= 11 is 0. The topological polar surface area (TPSA) is 123 Å². The number of alkyl carbamates (subject to hydrolysis) is 1. The van der Waals surface area contributed by atoms with E-state index in [0.717, 1.165) is 0 Å². The van der Waals surface area contributed by atoms with Crippen molar-refractivity contribution in [3.05, 3.63) is 0 Å². The molecule has 0 rings (SSSR count). The van der Waals surface area contributed by atoms with E-state index < -0.39 is 29.6 Å². The molecular weight excluding hydrogens is 252 g/mol. The second-order valence-electron chi connectivity index (χ2n) is 5.00. The van der Waals surface area contributed by atoms with Crippen LogP contribution in [0.15, 0.2) is 0 Å². The van der Waals surface area contributed by atoms with Crippen LogP contribution in [-0.2, 0) is 14.3 Å². The number of nitrogens with two attached hydrogens (primary N) is 1. The lowest BCUT2D eigenvalue weighted by Crippen LogP contribution is -2.50. The fraction of sp³-hybridized carbons (Fsp3) is 0.727. The summed E-state index contributed by atoms with van der Waals surface area (Å²) in [7, 11) is 0. The molecule has 0 heterocycles. The van der Waals surface area contributed by atoms with E-state index in [9.17, 15) is 14.4 Å². The molecule has 0 radical (unpaired) electrons. The molecule has 110 valence electrons. The third kappa shape index (κ3) is 9.83. The van der Waals surface area contributed by atoms with Crippen LogP contribution < -0.4 is 21.9 Å². The third-order valence-corrected chi connectivity index (χ3v) is 1.83. The monoisotopic (exact) mass is 274 g/mol. The summed E-state index contributed by atoms with van der Waals surface area (Å²) in [6, 6.07) is -0.768. The Morgan fingerprint density at radius 1 is 1.26 bits per heavy atom. The van der Waals surface area contributed by atoms with Crippen molar-refractivity contribution >= 4 is 17.9 Å². The van der Waals surface area contributed by atoms with E-state index >= 15 is 0 Å². The molecule has 0 aromatic rings. The first kappa shape index (κ1) is 17.2. The minimum absolute atomic E-state index is 0.105. The molecule has 0 saturated heterocycles. The van der Waals surface area contributed by atoms with Gasteiger partial charge in [-0.15, -0.1) is 0 Å². The van der Waals surface area contributed by atoms with E-state index in [2.05, 4.69) is 16.2 Å². The Kier molecular flexibility index (Phi) is 6.84. The highest BCUT2D eigenvalue weighted by atomic mass is 16.6. The van der Waals surface area contributed by atoms with Crippen LogP contribution >= 0.6 is 0 Å². The van der Waals surface area contributed by atoms with Crippen LogP contribution in [0.5, 0.6) is 0 Å². The van der Waals surface area contributed by atoms with E-state index in [1.165, 1.54) is 6.92 Å². The number of rotatable bonds is 6. The zero-order valence-corrected chi connectivity index (χ0v) is 11.7. The van der Waals surface area contributed by atoms with Crippen molar-refractivity contribution in [3.8, 4) is 0 Å². The molecule has 8 heteroatoms. The van der Waals surface area contributed by atoms with Crippen molar-refractivity contribution in [1.29, 1.82) is 0 Å². The highest BCUT2D eigenvalue weighted by Crippen LogP contribution is 2.06. The van der Waals surface area contributed by atoms with Gasteiger partial charge in [-0.1, -0.05) is 0 Å². The first-order valence-electron chi connectivity index (χ1n) is 5.92. The SMILES string of the molecule is C[C@H](NC(=O)OC(C)(C)C)C(=O)NNCCC(N)=O. The number of carbonyl (C=O) groups is 3. The molecule has 0 spiro atoms. The lowest BCUT2D eigenvalue weighted by molar-refractivity contribution is -0.124. The Bertz CT molecular complexity index is 338. The molecule has 0 saturated carbocycles. The smallest absolute Gasteiger partial charge is 0.408 e. The molecular formula is C11H22N4O4. The van der Waals surface area contributed by atoms with Crippen LogP contribution in [0.2, 0.25) is 0 Å². The molecule has 3 amide bonds. The van der Waals surface area contributed by atoms with E-state index in [1.807, 2.05) is 0 Å². The summed E-state index contributed by atoms with van der Waals surface area (Å²) in [6.07, 6.45) is -0.568. The summed E-state index contributed by atoms with van der Waals surface area (Å²) in [5.74, 6) is -0.919. The van der Waals surface area contributed by atoms with E-state index in [1.54, 1.807) is 20.8 Å². The number of amides is 3. The Morgan fingerprint density at radius 3 is 2.32 bits per heavy atom. The average molecular weight is 274 g/mol. The second-order valence-corrected chi connectivity index (χ2v) is 5.00. The van der Waals surface area contributed by atoms with Gasteiger partial charge in [-0.05, 0) is 27.7 Å². The maximum atomic E-state index is 11.5. The number of ether oxygens (including phenoxy) is 1. The lowest BCUT2D eigenvalue weighted by atomic mass is 10.2. The first-order valence-corrected chi connectivity index (χ1v) is 5.92. The summed E-state index contributed by atoms with van der Waals surface area (Å²) in [6.45, 7) is 6.91. The molecule has 0 aliphatic carbocycles. The summed E-state index contributed by atoms with van der Waals surface area (Å²) in [4.78, 5) is 33.4. The van der Waals surface area contributed by atoms with Crippen molar-refractivity contribution in [3.63, 3.8) is 0 Å². The molecule has 0 fully saturated rings. The van der Waals surface area contributed by atoms with E-state index in [4.69, 9.17) is 10.5 Å². The average Bonchev–Trinajstić information content (AvgIpc) is 2.20. The standard InChI is InChI=1S/C11H22N4O4/c1-7(14-10(18)19-11(2,3)4)9(17)15-13-6-5-8(12)16/h7,13H,5-6H2,1-4H3,(H2,12,16)(H,14,18)(H,15,17)/t7-/m0/s1. The Morgan fingerprint density at radius 2 is 1.84 bits per heavy atom. The Balaban J connectivity index is 3.93. The Labute approximate surface area is 112 Å². The third-order valence-electron chi connectivity index (χ3n) is 1.83. The van der Waals surface area contributed by atoms with Gasteiger partial charge in [0.05, 0.1) is 0 Å². The van der Waals surface area contributed by atoms with Gasteiger partial charge >= 0.3 is 6.09 Å². The highest BCUT2D eigenvalue weighted by molar-refractivity contribution is 5.84. The molecule has 0 aromatic carbocycles. The number of carbonyl (C=O) groups excluding carboxylic acids is 3. The molecule has 0 aliphatic rings. The summed E-state index contributed by atoms with van der Waals surface area (Å²) < 4.78 is 5.00. The van der Waals surface area contributed by atoms with Gasteiger partial charge in [-0.25, -0.2) is 10.2 Å². The number of primary amides is 1. The maximum absolute atomic E-state index is 11.5. The lowest BCUT2D eigenvalue weighted by Gasteiger charge is -2.21. The number of hydrogen-bond donors (Lipinski definition) is 4. The molecule has 8 nitrogen and oxygen atoms in total. The normalized spacial score (nSPS) is 12.4. The van der Waals surface area contributed by atoms with Crippen molar-refractivity contribution in [2.75, 3.05) is 6.54 Å². The van der Waals surface area contributed by atoms with Crippen LogP contribution in [0.25, 0.3) is 0 Å². The van der Waals surface area contributed by atoms with Crippen LogP contribution in [0.4, 0.5) is 4.79 Å². The minimum atomic E-state index is -0.768. The van der Waals surface area contributed by atoms with Crippen LogP contribution in [0.1, 0.15) is 34.1 Å². The maximum Gasteiger partial charge on any atom is 0.408 e. The van der Waals surface area contributed by atoms with Crippen LogP contribution in [0, 0.1) is 0 Å². The molecule has 5 N–H and O–H groups in total. The summed E-state index contributed by atoms with van der Waals surface area (Å²) in [5.41, 5.74) is 9.17. The predicted molar refractivity (Wildman–Crippen MR) is 68.8 cm³/mol. The minimum Gasteiger partial charge on any atom is -0.444 e. The highest BCUT2D eigenvalue weighted by Gasteiger charge is 2.20. The molecule has 0 aliphatic heterocycles. The zero-order chi connectivity index (χ0) is 15.1. The molecule has 19 heavy (non-hydrogen) atoms. The first-order chi connectivity index (χ1) is 8.61. The van der Waals surface area contributed by atoms with Gasteiger partial charge in [-0.3, -0.25) is 15.0 Å². The largest absolute Gasteiger partial charge is 0.444 e.